The van der Waals surface area contributed by atoms with E-state index in [9.17, 15) is 4.79 Å². The van der Waals surface area contributed by atoms with Crippen LogP contribution in [0.15, 0.2) is 45.7 Å². The maximum Gasteiger partial charge on any atom is 0.352 e. The SMILES string of the molecule is CCc1nc(=O)n(-c2ccccc2Cl)c2cc(C3CC3)c(Br)cc12. The van der Waals surface area contributed by atoms with Crippen molar-refractivity contribution in [2.45, 2.75) is 32.1 Å². The molecule has 5 heteroatoms. The molecule has 1 fully saturated rings. The molecule has 3 nitrogen and oxygen atoms in total. The first-order valence-electron chi connectivity index (χ1n) is 8.10. The lowest BCUT2D eigenvalue weighted by atomic mass is 10.1. The zero-order valence-electron chi connectivity index (χ0n) is 13.2. The van der Waals surface area contributed by atoms with Crippen LogP contribution in [0, 0.1) is 0 Å². The molecule has 1 aromatic heterocycles. The number of aryl methyl sites for hydroxylation is 1. The first kappa shape index (κ1) is 15.9. The van der Waals surface area contributed by atoms with Crippen LogP contribution in [-0.4, -0.2) is 9.55 Å². The molecule has 4 rings (SSSR count). The zero-order chi connectivity index (χ0) is 16.8. The highest BCUT2D eigenvalue weighted by Gasteiger charge is 2.27. The fourth-order valence-corrected chi connectivity index (χ4v) is 4.05. The first-order chi connectivity index (χ1) is 11.6. The van der Waals surface area contributed by atoms with Crippen LogP contribution in [0.1, 0.15) is 36.9 Å². The molecule has 0 bridgehead atoms. The molecule has 0 N–H and O–H groups in total. The van der Waals surface area contributed by atoms with Gasteiger partial charge in [0, 0.05) is 9.86 Å². The number of aromatic nitrogens is 2. The molecule has 0 aliphatic heterocycles. The van der Waals surface area contributed by atoms with E-state index < -0.39 is 0 Å². The molecule has 1 aliphatic carbocycles. The number of nitrogens with zero attached hydrogens (tertiary/aromatic N) is 2. The van der Waals surface area contributed by atoms with Gasteiger partial charge in [0.05, 0.1) is 21.9 Å². The summed E-state index contributed by atoms with van der Waals surface area (Å²) in [5.41, 5.74) is 3.35. The van der Waals surface area contributed by atoms with Crippen molar-refractivity contribution in [3.63, 3.8) is 0 Å². The van der Waals surface area contributed by atoms with Crippen LogP contribution in [0.4, 0.5) is 0 Å². The van der Waals surface area contributed by atoms with Gasteiger partial charge in [-0.05, 0) is 55.0 Å². The molecule has 2 aromatic carbocycles. The van der Waals surface area contributed by atoms with Gasteiger partial charge in [-0.1, -0.05) is 46.6 Å². The lowest BCUT2D eigenvalue weighted by Gasteiger charge is -2.15. The van der Waals surface area contributed by atoms with E-state index in [4.69, 9.17) is 11.6 Å². The van der Waals surface area contributed by atoms with E-state index in [-0.39, 0.29) is 5.69 Å². The molecule has 0 radical (unpaired) electrons. The predicted molar refractivity (Wildman–Crippen MR) is 101 cm³/mol. The minimum atomic E-state index is -0.281. The Kier molecular flexibility index (Phi) is 3.97. The van der Waals surface area contributed by atoms with Gasteiger partial charge in [-0.25, -0.2) is 4.79 Å². The van der Waals surface area contributed by atoms with Crippen LogP contribution < -0.4 is 5.69 Å². The van der Waals surface area contributed by atoms with Crippen molar-refractivity contribution >= 4 is 38.4 Å². The summed E-state index contributed by atoms with van der Waals surface area (Å²) in [5, 5.41) is 1.54. The number of benzene rings is 2. The highest BCUT2D eigenvalue weighted by molar-refractivity contribution is 9.10. The molecule has 0 atom stereocenters. The molecule has 122 valence electrons. The van der Waals surface area contributed by atoms with E-state index in [0.717, 1.165) is 21.1 Å². The lowest BCUT2D eigenvalue weighted by molar-refractivity contribution is 0.908. The smallest absolute Gasteiger partial charge is 0.259 e. The summed E-state index contributed by atoms with van der Waals surface area (Å²) in [5.74, 6) is 0.580. The number of hydrogen-bond acceptors (Lipinski definition) is 2. The summed E-state index contributed by atoms with van der Waals surface area (Å²) in [7, 11) is 0. The van der Waals surface area contributed by atoms with E-state index in [1.165, 1.54) is 18.4 Å². The maximum atomic E-state index is 12.7. The van der Waals surface area contributed by atoms with Crippen molar-refractivity contribution in [3.8, 4) is 5.69 Å². The van der Waals surface area contributed by atoms with Crippen molar-refractivity contribution in [1.82, 2.24) is 9.55 Å². The van der Waals surface area contributed by atoms with E-state index in [1.807, 2.05) is 25.1 Å². The molecule has 0 spiro atoms. The second-order valence-electron chi connectivity index (χ2n) is 6.15. The molecule has 1 aliphatic rings. The van der Waals surface area contributed by atoms with Crippen LogP contribution in [0.5, 0.6) is 0 Å². The summed E-state index contributed by atoms with van der Waals surface area (Å²) in [6, 6.07) is 11.6. The van der Waals surface area contributed by atoms with E-state index in [1.54, 1.807) is 10.6 Å². The summed E-state index contributed by atoms with van der Waals surface area (Å²) in [6.45, 7) is 2.02. The molecule has 3 aromatic rings. The van der Waals surface area contributed by atoms with Gasteiger partial charge >= 0.3 is 5.69 Å². The van der Waals surface area contributed by atoms with Crippen LogP contribution in [0.2, 0.25) is 5.02 Å². The van der Waals surface area contributed by atoms with E-state index in [0.29, 0.717) is 23.0 Å². The maximum absolute atomic E-state index is 12.7. The van der Waals surface area contributed by atoms with Gasteiger partial charge in [-0.15, -0.1) is 0 Å². The Labute approximate surface area is 153 Å². The van der Waals surface area contributed by atoms with Crippen molar-refractivity contribution in [2.75, 3.05) is 0 Å². The largest absolute Gasteiger partial charge is 0.352 e. The topological polar surface area (TPSA) is 34.9 Å². The third kappa shape index (κ3) is 2.58. The van der Waals surface area contributed by atoms with E-state index >= 15 is 0 Å². The number of hydrogen-bond donors (Lipinski definition) is 0. The summed E-state index contributed by atoms with van der Waals surface area (Å²) < 4.78 is 2.73. The number of fused-ring (bicyclic) bond motifs is 1. The Bertz CT molecular complexity index is 1010. The second-order valence-corrected chi connectivity index (χ2v) is 7.41. The monoisotopic (exact) mass is 402 g/mol. The normalized spacial score (nSPS) is 14.3. The van der Waals surface area contributed by atoms with Gasteiger partial charge in [0.15, 0.2) is 0 Å². The molecule has 1 heterocycles. The fourth-order valence-electron chi connectivity index (χ4n) is 3.17. The average molecular weight is 404 g/mol. The second kappa shape index (κ2) is 6.01. The van der Waals surface area contributed by atoms with Crippen LogP contribution >= 0.6 is 27.5 Å². The standard InChI is InChI=1S/C19H16BrClN2O/c1-2-16-13-9-14(20)12(11-7-8-11)10-18(13)23(19(24)22-16)17-6-4-3-5-15(17)21/h3-6,9-11H,2,7-8H2,1H3. The van der Waals surface area contributed by atoms with Gasteiger partial charge in [0.1, 0.15) is 0 Å². The minimum absolute atomic E-state index is 0.281. The third-order valence-electron chi connectivity index (χ3n) is 4.53. The fraction of sp³-hybridized carbons (Fsp3) is 0.263. The Balaban J connectivity index is 2.12. The van der Waals surface area contributed by atoms with Crippen molar-refractivity contribution in [3.05, 3.63) is 67.6 Å². The van der Waals surface area contributed by atoms with Crippen molar-refractivity contribution in [1.29, 1.82) is 0 Å². The highest BCUT2D eigenvalue weighted by Crippen LogP contribution is 2.44. The Morgan fingerprint density at radius 2 is 2.04 bits per heavy atom. The number of rotatable bonds is 3. The molecular formula is C19H16BrClN2O. The number of halogens is 2. The quantitative estimate of drug-likeness (QED) is 0.599. The molecule has 1 saturated carbocycles. The predicted octanol–water partition coefficient (Wildman–Crippen LogP) is 5.24. The molecule has 24 heavy (non-hydrogen) atoms. The molecular weight excluding hydrogens is 388 g/mol. The lowest BCUT2D eigenvalue weighted by Crippen LogP contribution is -2.24. The minimum Gasteiger partial charge on any atom is -0.259 e. The average Bonchev–Trinajstić information content (AvgIpc) is 3.40. The van der Waals surface area contributed by atoms with E-state index in [2.05, 4.69) is 33.0 Å². The van der Waals surface area contributed by atoms with Crippen LogP contribution in [0.3, 0.4) is 0 Å². The molecule has 0 amide bonds. The Morgan fingerprint density at radius 3 is 2.71 bits per heavy atom. The van der Waals surface area contributed by atoms with Gasteiger partial charge in [-0.3, -0.25) is 4.57 Å². The van der Waals surface area contributed by atoms with Gasteiger partial charge in [0.25, 0.3) is 0 Å². The summed E-state index contributed by atoms with van der Waals surface area (Å²) >= 11 is 10.0. The van der Waals surface area contributed by atoms with Gasteiger partial charge in [-0.2, -0.15) is 4.98 Å². The number of para-hydroxylation sites is 1. The van der Waals surface area contributed by atoms with Crippen LogP contribution in [0.25, 0.3) is 16.6 Å². The first-order valence-corrected chi connectivity index (χ1v) is 9.27. The van der Waals surface area contributed by atoms with Gasteiger partial charge in [0.2, 0.25) is 0 Å². The Morgan fingerprint density at radius 1 is 1.29 bits per heavy atom. The van der Waals surface area contributed by atoms with Gasteiger partial charge < -0.3 is 0 Å². The summed E-state index contributed by atoms with van der Waals surface area (Å²) in [4.78, 5) is 17.0. The van der Waals surface area contributed by atoms with Crippen molar-refractivity contribution in [2.24, 2.45) is 0 Å². The van der Waals surface area contributed by atoms with Crippen LogP contribution in [-0.2, 0) is 6.42 Å². The molecule has 0 unspecified atom stereocenters. The third-order valence-corrected chi connectivity index (χ3v) is 5.54. The Hall–Kier alpha value is -1.65. The van der Waals surface area contributed by atoms with Crippen molar-refractivity contribution < 1.29 is 0 Å². The zero-order valence-corrected chi connectivity index (χ0v) is 15.6. The highest BCUT2D eigenvalue weighted by atomic mass is 79.9. The summed E-state index contributed by atoms with van der Waals surface area (Å²) in [6.07, 6.45) is 3.11. The molecule has 0 saturated heterocycles.